The quantitative estimate of drug-likeness (QED) is 0.731. The van der Waals surface area contributed by atoms with E-state index in [1.807, 2.05) is 20.8 Å². The number of hydrogen-bond donors (Lipinski definition) is 2. The molecule has 1 aromatic rings. The lowest BCUT2D eigenvalue weighted by atomic mass is 9.99. The number of aryl methyl sites for hydroxylation is 1. The Morgan fingerprint density at radius 3 is 2.46 bits per heavy atom. The van der Waals surface area contributed by atoms with E-state index in [4.69, 9.17) is 17.3 Å². The Balaban J connectivity index is 3.46. The predicted molar refractivity (Wildman–Crippen MR) is 55.2 cm³/mol. The van der Waals surface area contributed by atoms with Gasteiger partial charge >= 0.3 is 0 Å². The van der Waals surface area contributed by atoms with Crippen molar-refractivity contribution in [3.63, 3.8) is 0 Å². The molecule has 0 aliphatic heterocycles. The van der Waals surface area contributed by atoms with Crippen LogP contribution in [0.25, 0.3) is 0 Å². The largest absolute Gasteiger partial charge is 0.507 e. The first-order chi connectivity index (χ1) is 5.95. The molecule has 0 aliphatic carbocycles. The van der Waals surface area contributed by atoms with Crippen LogP contribution < -0.4 is 5.73 Å². The second-order valence-electron chi connectivity index (χ2n) is 3.35. The first-order valence-electron chi connectivity index (χ1n) is 4.19. The number of rotatable bonds is 1. The number of hydrogen-bond acceptors (Lipinski definition) is 2. The molecule has 1 unspecified atom stereocenters. The monoisotopic (exact) mass is 199 g/mol. The number of benzene rings is 1. The summed E-state index contributed by atoms with van der Waals surface area (Å²) in [6, 6.07) is 1.55. The lowest BCUT2D eigenvalue weighted by Crippen LogP contribution is -2.08. The minimum atomic E-state index is -0.197. The average Bonchev–Trinajstić information content (AvgIpc) is 2.01. The number of phenols is 1. The van der Waals surface area contributed by atoms with E-state index in [0.717, 1.165) is 16.7 Å². The minimum Gasteiger partial charge on any atom is -0.507 e. The predicted octanol–water partition coefficient (Wildman–Crippen LogP) is 2.68. The van der Waals surface area contributed by atoms with Gasteiger partial charge in [0.15, 0.2) is 0 Å². The second kappa shape index (κ2) is 3.56. The van der Waals surface area contributed by atoms with E-state index >= 15 is 0 Å². The summed E-state index contributed by atoms with van der Waals surface area (Å²) in [6.07, 6.45) is 0. The van der Waals surface area contributed by atoms with Crippen LogP contribution in [-0.4, -0.2) is 5.11 Å². The molecule has 3 heteroatoms. The summed E-state index contributed by atoms with van der Waals surface area (Å²) >= 11 is 5.97. The highest BCUT2D eigenvalue weighted by Gasteiger charge is 2.14. The van der Waals surface area contributed by atoms with E-state index < -0.39 is 0 Å². The third kappa shape index (κ3) is 1.79. The van der Waals surface area contributed by atoms with Crippen LogP contribution in [0.3, 0.4) is 0 Å². The SMILES string of the molecule is Cc1cc(Cl)c(C)c(C(C)N)c1O. The summed E-state index contributed by atoms with van der Waals surface area (Å²) < 4.78 is 0. The molecule has 0 bridgehead atoms. The summed E-state index contributed by atoms with van der Waals surface area (Å²) in [6.45, 7) is 5.50. The zero-order valence-corrected chi connectivity index (χ0v) is 8.81. The molecule has 0 spiro atoms. The zero-order valence-electron chi connectivity index (χ0n) is 8.06. The molecule has 0 radical (unpaired) electrons. The van der Waals surface area contributed by atoms with Crippen LogP contribution in [0.5, 0.6) is 5.75 Å². The minimum absolute atomic E-state index is 0.197. The van der Waals surface area contributed by atoms with Crippen molar-refractivity contribution in [1.82, 2.24) is 0 Å². The fourth-order valence-electron chi connectivity index (χ4n) is 1.44. The van der Waals surface area contributed by atoms with Crippen molar-refractivity contribution >= 4 is 11.6 Å². The van der Waals surface area contributed by atoms with Gasteiger partial charge in [-0.3, -0.25) is 0 Å². The highest BCUT2D eigenvalue weighted by molar-refractivity contribution is 6.31. The number of aromatic hydroxyl groups is 1. The molecule has 13 heavy (non-hydrogen) atoms. The van der Waals surface area contributed by atoms with Crippen LogP contribution in [0.2, 0.25) is 5.02 Å². The molecule has 2 nitrogen and oxygen atoms in total. The maximum Gasteiger partial charge on any atom is 0.123 e. The van der Waals surface area contributed by atoms with Gasteiger partial charge in [0, 0.05) is 16.6 Å². The first-order valence-corrected chi connectivity index (χ1v) is 4.57. The van der Waals surface area contributed by atoms with Gasteiger partial charge in [0.05, 0.1) is 0 Å². The van der Waals surface area contributed by atoms with Crippen LogP contribution in [0.4, 0.5) is 0 Å². The summed E-state index contributed by atoms with van der Waals surface area (Å²) in [5, 5.41) is 10.4. The normalized spacial score (nSPS) is 13.0. The van der Waals surface area contributed by atoms with Crippen molar-refractivity contribution < 1.29 is 5.11 Å². The molecule has 0 saturated heterocycles. The molecule has 0 aromatic heterocycles. The zero-order chi connectivity index (χ0) is 10.2. The Bertz CT molecular complexity index is 308. The van der Waals surface area contributed by atoms with Gasteiger partial charge in [0.1, 0.15) is 5.75 Å². The van der Waals surface area contributed by atoms with E-state index in [1.54, 1.807) is 6.07 Å². The Morgan fingerprint density at radius 2 is 2.00 bits per heavy atom. The molecule has 0 fully saturated rings. The summed E-state index contributed by atoms with van der Waals surface area (Å²) in [4.78, 5) is 0. The number of phenolic OH excluding ortho intramolecular Hbond substituents is 1. The molecule has 3 N–H and O–H groups in total. The van der Waals surface area contributed by atoms with Crippen LogP contribution in [0.15, 0.2) is 6.07 Å². The fraction of sp³-hybridized carbons (Fsp3) is 0.400. The van der Waals surface area contributed by atoms with Crippen molar-refractivity contribution in [3.8, 4) is 5.75 Å². The molecule has 0 amide bonds. The highest BCUT2D eigenvalue weighted by Crippen LogP contribution is 2.34. The maximum absolute atomic E-state index is 9.73. The lowest BCUT2D eigenvalue weighted by Gasteiger charge is -2.15. The molecular weight excluding hydrogens is 186 g/mol. The highest BCUT2D eigenvalue weighted by atomic mass is 35.5. The van der Waals surface area contributed by atoms with Crippen LogP contribution in [-0.2, 0) is 0 Å². The fourth-order valence-corrected chi connectivity index (χ4v) is 1.71. The van der Waals surface area contributed by atoms with E-state index in [2.05, 4.69) is 0 Å². The molecular formula is C10H14ClNO. The summed E-state index contributed by atoms with van der Waals surface area (Å²) in [5.41, 5.74) is 8.10. The molecule has 0 heterocycles. The molecule has 1 aromatic carbocycles. The molecule has 72 valence electrons. The van der Waals surface area contributed by atoms with Gasteiger partial charge in [-0.05, 0) is 38.0 Å². The van der Waals surface area contributed by atoms with Crippen LogP contribution >= 0.6 is 11.6 Å². The number of nitrogens with two attached hydrogens (primary N) is 1. The van der Waals surface area contributed by atoms with E-state index in [-0.39, 0.29) is 11.8 Å². The standard InChI is InChI=1S/C10H14ClNO/c1-5-4-8(11)6(2)9(7(3)12)10(5)13/h4,7,13H,12H2,1-3H3. The maximum atomic E-state index is 9.73. The third-order valence-electron chi connectivity index (χ3n) is 2.19. The molecule has 1 atom stereocenters. The number of halogens is 1. The van der Waals surface area contributed by atoms with Gasteiger partial charge in [-0.1, -0.05) is 11.6 Å². The van der Waals surface area contributed by atoms with Crippen molar-refractivity contribution in [3.05, 3.63) is 27.8 Å². The van der Waals surface area contributed by atoms with Crippen LogP contribution in [0.1, 0.15) is 29.7 Å². The molecule has 1 rings (SSSR count). The van der Waals surface area contributed by atoms with E-state index in [1.165, 1.54) is 0 Å². The first kappa shape index (κ1) is 10.4. The third-order valence-corrected chi connectivity index (χ3v) is 2.58. The van der Waals surface area contributed by atoms with Gasteiger partial charge in [-0.2, -0.15) is 0 Å². The lowest BCUT2D eigenvalue weighted by molar-refractivity contribution is 0.458. The molecule has 0 saturated carbocycles. The van der Waals surface area contributed by atoms with Gasteiger partial charge in [0.25, 0.3) is 0 Å². The topological polar surface area (TPSA) is 46.2 Å². The van der Waals surface area contributed by atoms with Crippen molar-refractivity contribution in [1.29, 1.82) is 0 Å². The second-order valence-corrected chi connectivity index (χ2v) is 3.76. The van der Waals surface area contributed by atoms with Crippen molar-refractivity contribution in [2.24, 2.45) is 5.73 Å². The Hall–Kier alpha value is -0.730. The van der Waals surface area contributed by atoms with Gasteiger partial charge < -0.3 is 10.8 Å². The summed E-state index contributed by atoms with van der Waals surface area (Å²) in [5.74, 6) is 0.261. The Labute approximate surface area is 83.3 Å². The smallest absolute Gasteiger partial charge is 0.123 e. The van der Waals surface area contributed by atoms with Crippen molar-refractivity contribution in [2.75, 3.05) is 0 Å². The Kier molecular flexibility index (Phi) is 2.84. The van der Waals surface area contributed by atoms with E-state index in [0.29, 0.717) is 5.02 Å². The average molecular weight is 200 g/mol. The molecule has 0 aliphatic rings. The van der Waals surface area contributed by atoms with E-state index in [9.17, 15) is 5.11 Å². The van der Waals surface area contributed by atoms with Gasteiger partial charge in [-0.15, -0.1) is 0 Å². The van der Waals surface area contributed by atoms with Crippen molar-refractivity contribution in [2.45, 2.75) is 26.8 Å². The van der Waals surface area contributed by atoms with Gasteiger partial charge in [-0.25, -0.2) is 0 Å². The summed E-state index contributed by atoms with van der Waals surface area (Å²) in [7, 11) is 0. The Morgan fingerprint density at radius 1 is 1.46 bits per heavy atom. The van der Waals surface area contributed by atoms with Gasteiger partial charge in [0.2, 0.25) is 0 Å². The van der Waals surface area contributed by atoms with Crippen LogP contribution in [0, 0.1) is 13.8 Å².